The molecule has 35 heavy (non-hydrogen) atoms. The Labute approximate surface area is 208 Å². The van der Waals surface area contributed by atoms with E-state index in [0.717, 1.165) is 29.2 Å². The van der Waals surface area contributed by atoms with Crippen molar-refractivity contribution in [1.29, 1.82) is 0 Å². The smallest absolute Gasteiger partial charge is 0.119 e. The minimum absolute atomic E-state index is 0.576. The fourth-order valence-corrected chi connectivity index (χ4v) is 4.15. The van der Waals surface area contributed by atoms with Crippen LogP contribution in [0.1, 0.15) is 22.3 Å². The van der Waals surface area contributed by atoms with E-state index >= 15 is 0 Å². The van der Waals surface area contributed by atoms with Crippen LogP contribution < -0.4 is 9.64 Å². The highest BCUT2D eigenvalue weighted by atomic mass is 16.5. The van der Waals surface area contributed by atoms with Crippen LogP contribution in [0.15, 0.2) is 133 Å². The molecule has 5 aromatic rings. The highest BCUT2D eigenvalue weighted by Crippen LogP contribution is 2.34. The second kappa shape index (κ2) is 10.8. The molecule has 0 atom stereocenters. The van der Waals surface area contributed by atoms with Crippen LogP contribution in [0.25, 0.3) is 0 Å². The first-order valence-corrected chi connectivity index (χ1v) is 12.0. The van der Waals surface area contributed by atoms with Gasteiger partial charge in [-0.2, -0.15) is 0 Å². The SMILES string of the molecule is Cc1ccc(OCc2ccc(Cc3ccc(N(c4ccccc4)c4ccccc4)cc3)cc2)cc1. The van der Waals surface area contributed by atoms with Crippen LogP contribution in [0.4, 0.5) is 17.1 Å². The molecule has 5 aromatic carbocycles. The highest BCUT2D eigenvalue weighted by molar-refractivity contribution is 5.76. The molecule has 0 saturated carbocycles. The lowest BCUT2D eigenvalue weighted by atomic mass is 10.0. The van der Waals surface area contributed by atoms with Crippen LogP contribution in [-0.2, 0) is 13.0 Å². The Balaban J connectivity index is 1.26. The summed E-state index contributed by atoms with van der Waals surface area (Å²) in [5, 5.41) is 0. The molecule has 172 valence electrons. The monoisotopic (exact) mass is 455 g/mol. The number of para-hydroxylation sites is 2. The van der Waals surface area contributed by atoms with E-state index in [1.165, 1.54) is 22.3 Å². The van der Waals surface area contributed by atoms with Crippen LogP contribution in [0.2, 0.25) is 0 Å². The molecule has 0 heterocycles. The van der Waals surface area contributed by atoms with E-state index in [-0.39, 0.29) is 0 Å². The molecule has 0 aliphatic heterocycles. The lowest BCUT2D eigenvalue weighted by molar-refractivity contribution is 0.306. The van der Waals surface area contributed by atoms with Gasteiger partial charge in [0.2, 0.25) is 0 Å². The van der Waals surface area contributed by atoms with Crippen LogP contribution >= 0.6 is 0 Å². The number of anilines is 3. The first kappa shape index (κ1) is 22.5. The van der Waals surface area contributed by atoms with Crippen molar-refractivity contribution < 1.29 is 4.74 Å². The number of benzene rings is 5. The summed E-state index contributed by atoms with van der Waals surface area (Å²) in [5.74, 6) is 0.903. The maximum atomic E-state index is 5.91. The zero-order valence-corrected chi connectivity index (χ0v) is 20.0. The van der Waals surface area contributed by atoms with Crippen LogP contribution in [0, 0.1) is 6.92 Å². The van der Waals surface area contributed by atoms with Crippen molar-refractivity contribution in [1.82, 2.24) is 0 Å². The van der Waals surface area contributed by atoms with Crippen molar-refractivity contribution in [2.24, 2.45) is 0 Å². The Morgan fingerprint density at radius 1 is 0.486 bits per heavy atom. The Morgan fingerprint density at radius 3 is 1.49 bits per heavy atom. The lowest BCUT2D eigenvalue weighted by Gasteiger charge is -2.25. The molecule has 0 unspecified atom stereocenters. The van der Waals surface area contributed by atoms with Crippen molar-refractivity contribution in [2.75, 3.05) is 4.90 Å². The van der Waals surface area contributed by atoms with Crippen LogP contribution in [0.3, 0.4) is 0 Å². The van der Waals surface area contributed by atoms with Gasteiger partial charge in [-0.1, -0.05) is 90.5 Å². The number of hydrogen-bond acceptors (Lipinski definition) is 2. The van der Waals surface area contributed by atoms with Crippen LogP contribution in [-0.4, -0.2) is 0 Å². The predicted molar refractivity (Wildman–Crippen MR) is 146 cm³/mol. The number of ether oxygens (including phenoxy) is 1. The Morgan fingerprint density at radius 2 is 0.943 bits per heavy atom. The summed E-state index contributed by atoms with van der Waals surface area (Å²) < 4.78 is 5.91. The maximum absolute atomic E-state index is 5.91. The summed E-state index contributed by atoms with van der Waals surface area (Å²) in [6.45, 7) is 2.66. The Kier molecular flexibility index (Phi) is 6.91. The molecular formula is C33H29NO. The lowest BCUT2D eigenvalue weighted by Crippen LogP contribution is -2.09. The molecule has 0 aliphatic carbocycles. The van der Waals surface area contributed by atoms with E-state index in [4.69, 9.17) is 4.74 Å². The first-order chi connectivity index (χ1) is 17.2. The van der Waals surface area contributed by atoms with Gasteiger partial charge in [0.15, 0.2) is 0 Å². The third-order valence-corrected chi connectivity index (χ3v) is 6.08. The summed E-state index contributed by atoms with van der Waals surface area (Å²) >= 11 is 0. The number of hydrogen-bond donors (Lipinski definition) is 0. The van der Waals surface area contributed by atoms with Gasteiger partial charge in [0, 0.05) is 17.1 Å². The molecule has 0 fully saturated rings. The fourth-order valence-electron chi connectivity index (χ4n) is 4.15. The Bertz CT molecular complexity index is 1290. The zero-order chi connectivity index (χ0) is 23.9. The molecule has 0 amide bonds. The second-order valence-electron chi connectivity index (χ2n) is 8.77. The topological polar surface area (TPSA) is 12.5 Å². The molecule has 0 radical (unpaired) electrons. The third-order valence-electron chi connectivity index (χ3n) is 6.08. The molecule has 2 nitrogen and oxygen atoms in total. The molecule has 0 spiro atoms. The number of nitrogens with zero attached hydrogens (tertiary/aromatic N) is 1. The summed E-state index contributed by atoms with van der Waals surface area (Å²) in [6.07, 6.45) is 0.899. The fraction of sp³-hybridized carbons (Fsp3) is 0.0909. The van der Waals surface area contributed by atoms with E-state index in [0.29, 0.717) is 6.61 Å². The van der Waals surface area contributed by atoms with Gasteiger partial charge in [-0.25, -0.2) is 0 Å². The van der Waals surface area contributed by atoms with Gasteiger partial charge >= 0.3 is 0 Å². The van der Waals surface area contributed by atoms with Crippen molar-refractivity contribution >= 4 is 17.1 Å². The summed E-state index contributed by atoms with van der Waals surface area (Å²) in [5.41, 5.74) is 8.44. The third kappa shape index (κ3) is 5.80. The Hall–Kier alpha value is -4.30. The molecule has 0 saturated heterocycles. The van der Waals surface area contributed by atoms with E-state index < -0.39 is 0 Å². The van der Waals surface area contributed by atoms with Gasteiger partial charge < -0.3 is 9.64 Å². The van der Waals surface area contributed by atoms with Crippen LogP contribution in [0.5, 0.6) is 5.75 Å². The molecule has 0 aliphatic rings. The standard InChI is InChI=1S/C33H29NO/c1-26-12-22-33(23-13-26)35-25-29-16-14-27(15-17-29)24-28-18-20-32(21-19-28)34(30-8-4-2-5-9-30)31-10-6-3-7-11-31/h2-23H,24-25H2,1H3. The van der Waals surface area contributed by atoms with Gasteiger partial charge in [0.05, 0.1) is 0 Å². The van der Waals surface area contributed by atoms with Gasteiger partial charge in [-0.15, -0.1) is 0 Å². The molecule has 2 heteroatoms. The quantitative estimate of drug-likeness (QED) is 0.232. The molecule has 0 aromatic heterocycles. The maximum Gasteiger partial charge on any atom is 0.119 e. The van der Waals surface area contributed by atoms with Gasteiger partial charge in [0.25, 0.3) is 0 Å². The van der Waals surface area contributed by atoms with Gasteiger partial charge in [-0.3, -0.25) is 0 Å². The van der Waals surface area contributed by atoms with E-state index in [1.54, 1.807) is 0 Å². The summed E-state index contributed by atoms with van der Waals surface area (Å²) in [7, 11) is 0. The molecule has 5 rings (SSSR count). The van der Waals surface area contributed by atoms with E-state index in [2.05, 4.69) is 133 Å². The van der Waals surface area contributed by atoms with Gasteiger partial charge in [0.1, 0.15) is 12.4 Å². The average Bonchev–Trinajstić information content (AvgIpc) is 2.92. The number of aryl methyl sites for hydroxylation is 1. The average molecular weight is 456 g/mol. The summed E-state index contributed by atoms with van der Waals surface area (Å²) in [4.78, 5) is 2.28. The molecule has 0 bridgehead atoms. The number of rotatable bonds is 8. The predicted octanol–water partition coefficient (Wildman–Crippen LogP) is 8.63. The van der Waals surface area contributed by atoms with Gasteiger partial charge in [-0.05, 0) is 78.6 Å². The second-order valence-corrected chi connectivity index (χ2v) is 8.77. The normalized spacial score (nSPS) is 10.7. The van der Waals surface area contributed by atoms with Crippen molar-refractivity contribution in [3.8, 4) is 5.75 Å². The van der Waals surface area contributed by atoms with Crippen molar-refractivity contribution in [2.45, 2.75) is 20.0 Å². The zero-order valence-electron chi connectivity index (χ0n) is 20.0. The highest BCUT2D eigenvalue weighted by Gasteiger charge is 2.11. The largest absolute Gasteiger partial charge is 0.489 e. The first-order valence-electron chi connectivity index (χ1n) is 12.0. The molecule has 0 N–H and O–H groups in total. The van der Waals surface area contributed by atoms with Crippen molar-refractivity contribution in [3.05, 3.63) is 156 Å². The van der Waals surface area contributed by atoms with E-state index in [9.17, 15) is 0 Å². The summed E-state index contributed by atoms with van der Waals surface area (Å²) in [6, 6.07) is 46.7. The minimum Gasteiger partial charge on any atom is -0.489 e. The minimum atomic E-state index is 0.576. The molecular weight excluding hydrogens is 426 g/mol. The van der Waals surface area contributed by atoms with Crippen molar-refractivity contribution in [3.63, 3.8) is 0 Å². The van der Waals surface area contributed by atoms with E-state index in [1.807, 2.05) is 12.1 Å².